The molecule has 0 heterocycles. The predicted octanol–water partition coefficient (Wildman–Crippen LogP) is -1.83. The van der Waals surface area contributed by atoms with E-state index in [1.807, 2.05) is 0 Å². The van der Waals surface area contributed by atoms with Gasteiger partial charge < -0.3 is 16.4 Å². The smallest absolute Gasteiger partial charge is 0.870 e. The Morgan fingerprint density at radius 1 is 0.800 bits per heavy atom. The van der Waals surface area contributed by atoms with Crippen LogP contribution >= 0.6 is 0 Å². The summed E-state index contributed by atoms with van der Waals surface area (Å²) in [7, 11) is 0. The largest absolute Gasteiger partial charge is 1.00 e. The van der Waals surface area contributed by atoms with Gasteiger partial charge in [0.15, 0.2) is 0 Å². The summed E-state index contributed by atoms with van der Waals surface area (Å²) in [5.74, 6) is 0. The molecule has 0 aromatic heterocycles. The van der Waals surface area contributed by atoms with E-state index >= 15 is 0 Å². The molecule has 0 atom stereocenters. The minimum absolute atomic E-state index is 0. The molecule has 0 aromatic rings. The summed E-state index contributed by atoms with van der Waals surface area (Å²) in [6.45, 7) is 0. The van der Waals surface area contributed by atoms with Crippen LogP contribution < -0.4 is 0 Å². The maximum atomic E-state index is 0. The van der Waals surface area contributed by atoms with Crippen molar-refractivity contribution in [1.82, 2.24) is 0 Å². The number of hydrogen-bond donors (Lipinski definition) is 0. The Labute approximate surface area is 57.5 Å². The summed E-state index contributed by atoms with van der Waals surface area (Å²) >= 11 is 0. The van der Waals surface area contributed by atoms with Gasteiger partial charge in [0.2, 0.25) is 0 Å². The summed E-state index contributed by atoms with van der Waals surface area (Å²) in [6, 6.07) is 0. The molecule has 0 unspecified atom stereocenters. The molecule has 0 saturated heterocycles. The summed E-state index contributed by atoms with van der Waals surface area (Å²) in [4.78, 5) is 0. The molecular weight excluding hydrogens is 207 g/mol. The summed E-state index contributed by atoms with van der Waals surface area (Å²) in [6.07, 6.45) is 0. The van der Waals surface area contributed by atoms with Crippen LogP contribution in [0, 0.1) is 0 Å². The third-order valence-electron chi connectivity index (χ3n) is 0. The molecule has 0 spiro atoms. The Bertz CT molecular complexity index is 6.85. The molecule has 39 valence electrons. The van der Waals surface area contributed by atoms with Crippen LogP contribution in [0.15, 0.2) is 0 Å². The zero-order valence-electron chi connectivity index (χ0n) is 2.20. The van der Waals surface area contributed by atoms with Gasteiger partial charge in [0, 0.05) is 18.6 Å². The van der Waals surface area contributed by atoms with Gasteiger partial charge in [-0.2, -0.15) is 0 Å². The van der Waals surface area contributed by atoms with Crippen LogP contribution in [0.4, 0.5) is 0 Å². The second-order valence-electron chi connectivity index (χ2n) is 0. The zero-order valence-corrected chi connectivity index (χ0v) is 5.07. The third kappa shape index (κ3) is 36.8. The Balaban J connectivity index is 0. The first-order valence-corrected chi connectivity index (χ1v) is 0. The van der Waals surface area contributed by atoms with Crippen molar-refractivity contribution < 1.29 is 57.4 Å². The van der Waals surface area contributed by atoms with E-state index in [0.717, 1.165) is 0 Å². The summed E-state index contributed by atoms with van der Waals surface area (Å²) < 4.78 is 0. The Morgan fingerprint density at radius 2 is 0.800 bits per heavy atom. The minimum atomic E-state index is 0. The fourth-order valence-electron chi connectivity index (χ4n) is 0. The monoisotopic (exact) mass is 211 g/mol. The van der Waals surface area contributed by atoms with E-state index in [2.05, 4.69) is 0 Å². The zero-order chi connectivity index (χ0) is 0. The second kappa shape index (κ2) is 63.4. The van der Waals surface area contributed by atoms with Crippen molar-refractivity contribution in [2.75, 3.05) is 0 Å². The molecule has 0 aromatic carbocycles. The molecule has 0 rings (SSSR count). The molecule has 0 aliphatic heterocycles. The average molecular weight is 212 g/mol. The Morgan fingerprint density at radius 3 is 0.800 bits per heavy atom. The molecule has 0 fully saturated rings. The van der Waals surface area contributed by atoms with Crippen LogP contribution in [0.1, 0.15) is 0 Å². The van der Waals surface area contributed by atoms with Crippen LogP contribution in [0.2, 0.25) is 0 Å². The minimum Gasteiger partial charge on any atom is -0.870 e. The van der Waals surface area contributed by atoms with Gasteiger partial charge in [-0.05, 0) is 0 Å². The first-order valence-electron chi connectivity index (χ1n) is 0. The fraction of sp³-hybridized carbons (Fsp3) is 0. The van der Waals surface area contributed by atoms with E-state index in [0.29, 0.717) is 0 Å². The maximum Gasteiger partial charge on any atom is 1.00 e. The van der Waals surface area contributed by atoms with Gasteiger partial charge in [0.25, 0.3) is 0 Å². The molecule has 3 nitrogen and oxygen atoms in total. The molecule has 1 radical (unpaired) electrons. The topological polar surface area (TPSA) is 93.0 Å². The van der Waals surface area contributed by atoms with Crippen LogP contribution in [-0.2, 0) is 40.9 Å². The van der Waals surface area contributed by atoms with Crippen molar-refractivity contribution in [3.8, 4) is 0 Å². The van der Waals surface area contributed by atoms with Crippen LogP contribution in [-0.4, -0.2) is 16.4 Å². The van der Waals surface area contributed by atoms with Crippen LogP contribution in [0.5, 0.6) is 0 Å². The molecule has 0 saturated carbocycles. The van der Waals surface area contributed by atoms with E-state index in [1.165, 1.54) is 0 Å². The van der Waals surface area contributed by atoms with Crippen molar-refractivity contribution in [2.45, 2.75) is 0 Å². The molecular formula is H5AgO3V. The van der Waals surface area contributed by atoms with Crippen molar-refractivity contribution in [1.29, 1.82) is 0 Å². The van der Waals surface area contributed by atoms with Crippen molar-refractivity contribution in [3.05, 3.63) is 0 Å². The summed E-state index contributed by atoms with van der Waals surface area (Å²) in [5, 5.41) is 0. The van der Waals surface area contributed by atoms with E-state index in [4.69, 9.17) is 0 Å². The number of hydrogen-bond acceptors (Lipinski definition) is 1. The fourth-order valence-corrected chi connectivity index (χ4v) is 0. The predicted molar refractivity (Wildman–Crippen MR) is 9.16 cm³/mol. The number of rotatable bonds is 0. The third-order valence-corrected chi connectivity index (χ3v) is 0. The van der Waals surface area contributed by atoms with E-state index in [-0.39, 0.29) is 57.4 Å². The molecule has 0 bridgehead atoms. The van der Waals surface area contributed by atoms with Gasteiger partial charge in [-0.25, -0.2) is 0 Å². The van der Waals surface area contributed by atoms with Crippen molar-refractivity contribution >= 4 is 0 Å². The normalized spacial score (nSPS) is 0. The molecule has 0 amide bonds. The van der Waals surface area contributed by atoms with Gasteiger partial charge in [-0.3, -0.25) is 0 Å². The summed E-state index contributed by atoms with van der Waals surface area (Å²) in [5.41, 5.74) is 0. The van der Waals surface area contributed by atoms with Crippen molar-refractivity contribution in [2.24, 2.45) is 0 Å². The second-order valence-corrected chi connectivity index (χ2v) is 0. The van der Waals surface area contributed by atoms with Gasteiger partial charge >= 0.3 is 22.4 Å². The van der Waals surface area contributed by atoms with Gasteiger partial charge in [0.1, 0.15) is 0 Å². The first kappa shape index (κ1) is 116. The van der Waals surface area contributed by atoms with E-state index in [1.54, 1.807) is 0 Å². The molecule has 5 N–H and O–H groups in total. The Kier molecular flexibility index (Phi) is 1470. The van der Waals surface area contributed by atoms with Gasteiger partial charge in [0.05, 0.1) is 0 Å². The van der Waals surface area contributed by atoms with Gasteiger partial charge in [-0.15, -0.1) is 0 Å². The Hall–Kier alpha value is 1.20. The molecule has 0 aliphatic rings. The van der Waals surface area contributed by atoms with Crippen molar-refractivity contribution in [3.63, 3.8) is 0 Å². The standard InChI is InChI=1S/Ag.3H2O.V/h;3*1H2;/q+1;;;;/p-1. The average Bonchev–Trinajstić information content (AvgIpc) is 0. The van der Waals surface area contributed by atoms with E-state index in [9.17, 15) is 0 Å². The first-order chi connectivity index (χ1) is 0. The van der Waals surface area contributed by atoms with Crippen LogP contribution in [0.3, 0.4) is 0 Å². The SMILES string of the molecule is O.O.[Ag+].[OH-].[V]. The maximum absolute atomic E-state index is 0. The van der Waals surface area contributed by atoms with E-state index < -0.39 is 0 Å². The molecule has 5 heavy (non-hydrogen) atoms. The molecule has 5 heteroatoms. The quantitative estimate of drug-likeness (QED) is 0.433. The van der Waals surface area contributed by atoms with Crippen LogP contribution in [0.25, 0.3) is 0 Å². The molecule has 0 aliphatic carbocycles. The van der Waals surface area contributed by atoms with Gasteiger partial charge in [-0.1, -0.05) is 0 Å².